The van der Waals surface area contributed by atoms with Crippen molar-refractivity contribution < 1.29 is 37.0 Å². The first-order valence-corrected chi connectivity index (χ1v) is 11.3. The number of ether oxygens (including phenoxy) is 1. The van der Waals surface area contributed by atoms with Gasteiger partial charge in [-0.25, -0.2) is 4.39 Å². The number of hydrogen-bond acceptors (Lipinski definition) is 6. The van der Waals surface area contributed by atoms with Crippen LogP contribution in [-0.2, 0) is 22.3 Å². The van der Waals surface area contributed by atoms with E-state index in [1.165, 1.54) is 70.1 Å². The van der Waals surface area contributed by atoms with Crippen molar-refractivity contribution in [1.82, 2.24) is 19.6 Å². The highest BCUT2D eigenvalue weighted by Gasteiger charge is 2.44. The van der Waals surface area contributed by atoms with Crippen molar-refractivity contribution in [2.24, 2.45) is 0 Å². The molecule has 8 nitrogen and oxygen atoms in total. The van der Waals surface area contributed by atoms with Gasteiger partial charge in [-0.15, -0.1) is 0 Å². The number of likely N-dealkylation sites (N-methyl/N-ethyl adjacent to an activating group) is 1. The van der Waals surface area contributed by atoms with Gasteiger partial charge in [0.05, 0.1) is 5.56 Å². The second-order valence-electron chi connectivity index (χ2n) is 8.53. The van der Waals surface area contributed by atoms with Crippen molar-refractivity contribution in [3.05, 3.63) is 77.0 Å². The summed E-state index contributed by atoms with van der Waals surface area (Å²) in [6.45, 7) is 0.0851. The van der Waals surface area contributed by atoms with E-state index in [2.05, 4.69) is 0 Å². The summed E-state index contributed by atoms with van der Waals surface area (Å²) in [5, 5.41) is 9.18. The van der Waals surface area contributed by atoms with Gasteiger partial charge in [-0.05, 0) is 42.3 Å². The zero-order valence-electron chi connectivity index (χ0n) is 20.6. The summed E-state index contributed by atoms with van der Waals surface area (Å²) in [5.41, 5.74) is -0.265. The fourth-order valence-electron chi connectivity index (χ4n) is 3.95. The van der Waals surface area contributed by atoms with Crippen LogP contribution >= 0.6 is 0 Å². The molecule has 0 saturated heterocycles. The zero-order valence-corrected chi connectivity index (χ0v) is 20.6. The van der Waals surface area contributed by atoms with Crippen LogP contribution in [0.3, 0.4) is 0 Å². The Kier molecular flexibility index (Phi) is 8.64. The standard InChI is InChI=1S/C25H28F4N4O4/c1-30(12-5-13-34)23(36)21-22(31(2)16-35)32(3)24(33(21)15-17-8-10-19(26)11-9-17)37-20-7-4-6-18(14-20)25(27,28)29/h4,6-11,14,16,24,34H,5,12-13,15H2,1-3H3. The number of benzene rings is 2. The molecule has 2 amide bonds. The molecule has 1 atom stereocenters. The number of rotatable bonds is 10. The quantitative estimate of drug-likeness (QED) is 0.381. The maximum Gasteiger partial charge on any atom is 0.416 e. The first kappa shape index (κ1) is 27.8. The zero-order chi connectivity index (χ0) is 27.3. The van der Waals surface area contributed by atoms with E-state index in [1.807, 2.05) is 0 Å². The number of amides is 2. The molecule has 1 aliphatic heterocycles. The van der Waals surface area contributed by atoms with Crippen molar-refractivity contribution in [3.8, 4) is 5.75 Å². The van der Waals surface area contributed by atoms with Gasteiger partial charge in [-0.2, -0.15) is 13.2 Å². The highest BCUT2D eigenvalue weighted by molar-refractivity contribution is 5.94. The van der Waals surface area contributed by atoms with E-state index in [-0.39, 0.29) is 37.0 Å². The monoisotopic (exact) mass is 524 g/mol. The predicted octanol–water partition coefficient (Wildman–Crippen LogP) is 3.05. The lowest BCUT2D eigenvalue weighted by Gasteiger charge is -2.33. The summed E-state index contributed by atoms with van der Waals surface area (Å²) in [5.74, 6) is -0.904. The number of carbonyl (C=O) groups is 2. The molecule has 37 heavy (non-hydrogen) atoms. The van der Waals surface area contributed by atoms with Crippen molar-refractivity contribution in [2.45, 2.75) is 25.5 Å². The molecular formula is C25H28F4N4O4. The van der Waals surface area contributed by atoms with Crippen LogP contribution in [0.5, 0.6) is 5.75 Å². The molecule has 1 heterocycles. The molecule has 0 aliphatic carbocycles. The molecule has 3 rings (SSSR count). The Morgan fingerprint density at radius 3 is 2.43 bits per heavy atom. The van der Waals surface area contributed by atoms with E-state index in [0.29, 0.717) is 18.4 Å². The third-order valence-corrected chi connectivity index (χ3v) is 5.79. The Balaban J connectivity index is 2.08. The van der Waals surface area contributed by atoms with Gasteiger partial charge in [-0.1, -0.05) is 18.2 Å². The lowest BCUT2D eigenvalue weighted by molar-refractivity contribution is -0.138. The molecule has 0 bridgehead atoms. The highest BCUT2D eigenvalue weighted by Crippen LogP contribution is 2.36. The fraction of sp³-hybridized carbons (Fsp3) is 0.360. The SMILES string of the molecule is CN(C=O)C1=C(C(=O)N(C)CCCO)N(Cc2ccc(F)cc2)C(Oc2cccc(C(F)(F)F)c2)N1C. The molecule has 0 spiro atoms. The van der Waals surface area contributed by atoms with Gasteiger partial charge in [0, 0.05) is 40.8 Å². The first-order valence-electron chi connectivity index (χ1n) is 11.3. The first-order chi connectivity index (χ1) is 17.5. The molecule has 2 aromatic rings. The molecular weight excluding hydrogens is 496 g/mol. The molecule has 0 saturated carbocycles. The minimum Gasteiger partial charge on any atom is -0.452 e. The van der Waals surface area contributed by atoms with E-state index in [0.717, 1.165) is 12.1 Å². The smallest absolute Gasteiger partial charge is 0.416 e. The Morgan fingerprint density at radius 2 is 1.84 bits per heavy atom. The topological polar surface area (TPSA) is 76.6 Å². The molecule has 12 heteroatoms. The van der Waals surface area contributed by atoms with Gasteiger partial charge in [0.2, 0.25) is 6.41 Å². The van der Waals surface area contributed by atoms with Gasteiger partial charge < -0.3 is 29.4 Å². The van der Waals surface area contributed by atoms with Crippen LogP contribution in [0.1, 0.15) is 17.5 Å². The Hall–Kier alpha value is -3.80. The summed E-state index contributed by atoms with van der Waals surface area (Å²) in [7, 11) is 4.50. The summed E-state index contributed by atoms with van der Waals surface area (Å²) in [6, 6.07) is 9.83. The number of aliphatic hydroxyl groups excluding tert-OH is 1. The Bertz CT molecular complexity index is 1140. The molecule has 1 aliphatic rings. The van der Waals surface area contributed by atoms with Crippen LogP contribution in [0, 0.1) is 5.82 Å². The van der Waals surface area contributed by atoms with Crippen LogP contribution in [0.2, 0.25) is 0 Å². The summed E-state index contributed by atoms with van der Waals surface area (Å²) in [4.78, 5) is 30.8. The average molecular weight is 525 g/mol. The number of aliphatic hydroxyl groups is 1. The molecule has 1 N–H and O–H groups in total. The predicted molar refractivity (Wildman–Crippen MR) is 126 cm³/mol. The minimum absolute atomic E-state index is 0.0133. The molecule has 2 aromatic carbocycles. The highest BCUT2D eigenvalue weighted by atomic mass is 19.4. The van der Waals surface area contributed by atoms with E-state index < -0.39 is 29.8 Å². The van der Waals surface area contributed by atoms with Gasteiger partial charge in [0.25, 0.3) is 12.3 Å². The van der Waals surface area contributed by atoms with E-state index >= 15 is 0 Å². The minimum atomic E-state index is -4.59. The summed E-state index contributed by atoms with van der Waals surface area (Å²) < 4.78 is 59.4. The fourth-order valence-corrected chi connectivity index (χ4v) is 3.95. The van der Waals surface area contributed by atoms with Crippen LogP contribution in [0.25, 0.3) is 0 Å². The third kappa shape index (κ3) is 6.31. The second-order valence-corrected chi connectivity index (χ2v) is 8.53. The lowest BCUT2D eigenvalue weighted by Crippen LogP contribution is -2.45. The maximum atomic E-state index is 13.6. The number of halogens is 4. The number of carbonyl (C=O) groups excluding carboxylic acids is 2. The van der Waals surface area contributed by atoms with Crippen molar-refractivity contribution in [2.75, 3.05) is 34.3 Å². The molecule has 0 fully saturated rings. The van der Waals surface area contributed by atoms with Crippen LogP contribution < -0.4 is 4.74 Å². The van der Waals surface area contributed by atoms with Gasteiger partial charge in [0.15, 0.2) is 0 Å². The Morgan fingerprint density at radius 1 is 1.16 bits per heavy atom. The number of hydrogen-bond donors (Lipinski definition) is 1. The van der Waals surface area contributed by atoms with E-state index in [4.69, 9.17) is 4.74 Å². The molecule has 0 aromatic heterocycles. The average Bonchev–Trinajstić information content (AvgIpc) is 3.13. The third-order valence-electron chi connectivity index (χ3n) is 5.79. The lowest BCUT2D eigenvalue weighted by atomic mass is 10.2. The Labute approximate surface area is 211 Å². The van der Waals surface area contributed by atoms with E-state index in [9.17, 15) is 32.3 Å². The molecule has 200 valence electrons. The maximum absolute atomic E-state index is 13.6. The van der Waals surface area contributed by atoms with E-state index in [1.54, 1.807) is 7.05 Å². The normalized spacial score (nSPS) is 15.7. The van der Waals surface area contributed by atoms with Crippen molar-refractivity contribution in [1.29, 1.82) is 0 Å². The van der Waals surface area contributed by atoms with Gasteiger partial charge in [0.1, 0.15) is 23.1 Å². The van der Waals surface area contributed by atoms with Crippen molar-refractivity contribution >= 4 is 12.3 Å². The number of nitrogens with zero attached hydrogens (tertiary/aromatic N) is 4. The summed E-state index contributed by atoms with van der Waals surface area (Å²) in [6.07, 6.45) is -4.91. The van der Waals surface area contributed by atoms with Gasteiger partial charge in [-0.3, -0.25) is 9.59 Å². The van der Waals surface area contributed by atoms with Crippen LogP contribution in [0.15, 0.2) is 60.0 Å². The molecule has 1 unspecified atom stereocenters. The second kappa shape index (κ2) is 11.5. The summed E-state index contributed by atoms with van der Waals surface area (Å²) >= 11 is 0. The number of alkyl halides is 3. The largest absolute Gasteiger partial charge is 0.452 e. The molecule has 0 radical (unpaired) electrons. The van der Waals surface area contributed by atoms with Crippen molar-refractivity contribution in [3.63, 3.8) is 0 Å². The van der Waals surface area contributed by atoms with Crippen LogP contribution in [-0.4, -0.2) is 77.7 Å². The van der Waals surface area contributed by atoms with Gasteiger partial charge >= 0.3 is 6.18 Å². The van der Waals surface area contributed by atoms with Crippen LogP contribution in [0.4, 0.5) is 17.6 Å².